The summed E-state index contributed by atoms with van der Waals surface area (Å²) in [5.41, 5.74) is 13.4. The van der Waals surface area contributed by atoms with Crippen LogP contribution in [0.2, 0.25) is 0 Å². The van der Waals surface area contributed by atoms with Crippen LogP contribution in [-0.2, 0) is 12.8 Å². The molecule has 0 saturated carbocycles. The fourth-order valence-electron chi connectivity index (χ4n) is 8.12. The smallest absolute Gasteiger partial charge is 0.124 e. The van der Waals surface area contributed by atoms with Crippen LogP contribution < -0.4 is 0 Å². The predicted molar refractivity (Wildman–Crippen MR) is 238 cm³/mol. The summed E-state index contributed by atoms with van der Waals surface area (Å²) in [6.45, 7) is 4.49. The first-order chi connectivity index (χ1) is 27.5. The van der Waals surface area contributed by atoms with Gasteiger partial charge in [-0.15, -0.1) is 0 Å². The standard InChI is InChI=1S/C54H50O2/c1-3-5-7-9-37-11-15-39(16-12-37)41-19-23-43(24-20-41)45-27-31-49-47(35-45)29-33-51(55)53(49)54-50-32-28-46(36-48(50)30-34-52(54)56)44-25-21-42(22-26-44)40-17-13-38(14-18-40)10-8-6-4-2/h11-36,55-56H,3-10H2,1-2H3. The Balaban J connectivity index is 1.05. The monoisotopic (exact) mass is 730 g/mol. The van der Waals surface area contributed by atoms with Crippen molar-refractivity contribution in [2.75, 3.05) is 0 Å². The van der Waals surface area contributed by atoms with Gasteiger partial charge >= 0.3 is 0 Å². The van der Waals surface area contributed by atoms with Gasteiger partial charge in [-0.1, -0.05) is 173 Å². The van der Waals surface area contributed by atoms with Gasteiger partial charge in [0.2, 0.25) is 0 Å². The highest BCUT2D eigenvalue weighted by Crippen LogP contribution is 2.46. The van der Waals surface area contributed by atoms with Crippen LogP contribution in [0.1, 0.15) is 63.5 Å². The van der Waals surface area contributed by atoms with Crippen LogP contribution in [0.5, 0.6) is 11.5 Å². The molecule has 8 aromatic rings. The summed E-state index contributed by atoms with van der Waals surface area (Å²) in [7, 11) is 0. The molecular formula is C54H50O2. The second-order valence-corrected chi connectivity index (χ2v) is 15.3. The number of phenolic OH excluding ortho intramolecular Hbond substituents is 2. The van der Waals surface area contributed by atoms with Gasteiger partial charge in [0.05, 0.1) is 0 Å². The third-order valence-electron chi connectivity index (χ3n) is 11.4. The minimum atomic E-state index is 0.141. The highest BCUT2D eigenvalue weighted by molar-refractivity contribution is 6.10. The third kappa shape index (κ3) is 7.84. The van der Waals surface area contributed by atoms with E-state index >= 15 is 0 Å². The molecule has 56 heavy (non-hydrogen) atoms. The van der Waals surface area contributed by atoms with Crippen molar-refractivity contribution in [2.45, 2.75) is 65.2 Å². The molecule has 0 fully saturated rings. The third-order valence-corrected chi connectivity index (χ3v) is 11.4. The van der Waals surface area contributed by atoms with E-state index in [1.54, 1.807) is 12.1 Å². The van der Waals surface area contributed by atoms with E-state index in [0.717, 1.165) is 56.6 Å². The Morgan fingerprint density at radius 3 is 0.964 bits per heavy atom. The van der Waals surface area contributed by atoms with Crippen molar-refractivity contribution in [1.82, 2.24) is 0 Å². The zero-order valence-electron chi connectivity index (χ0n) is 32.6. The zero-order chi connectivity index (χ0) is 38.4. The Hall–Kier alpha value is -6.12. The molecule has 2 nitrogen and oxygen atoms in total. The molecular weight excluding hydrogens is 681 g/mol. The lowest BCUT2D eigenvalue weighted by Crippen LogP contribution is -1.89. The van der Waals surface area contributed by atoms with Gasteiger partial charge in [0, 0.05) is 11.1 Å². The van der Waals surface area contributed by atoms with Gasteiger partial charge in [0.25, 0.3) is 0 Å². The van der Waals surface area contributed by atoms with Crippen molar-refractivity contribution in [3.63, 3.8) is 0 Å². The van der Waals surface area contributed by atoms with Crippen molar-refractivity contribution in [3.8, 4) is 67.1 Å². The summed E-state index contributed by atoms with van der Waals surface area (Å²) in [4.78, 5) is 0. The van der Waals surface area contributed by atoms with Crippen LogP contribution >= 0.6 is 0 Å². The van der Waals surface area contributed by atoms with E-state index in [2.05, 4.69) is 147 Å². The predicted octanol–water partition coefficient (Wildman–Crippen LogP) is 15.2. The summed E-state index contributed by atoms with van der Waals surface area (Å²) < 4.78 is 0. The Morgan fingerprint density at radius 1 is 0.321 bits per heavy atom. The van der Waals surface area contributed by atoms with Gasteiger partial charge in [0.1, 0.15) is 11.5 Å². The van der Waals surface area contributed by atoms with Crippen molar-refractivity contribution in [1.29, 1.82) is 0 Å². The molecule has 0 amide bonds. The van der Waals surface area contributed by atoms with Crippen LogP contribution in [0.3, 0.4) is 0 Å². The lowest BCUT2D eigenvalue weighted by atomic mass is 9.90. The summed E-state index contributed by atoms with van der Waals surface area (Å²) in [5.74, 6) is 0.282. The number of aryl methyl sites for hydroxylation is 2. The molecule has 8 aromatic carbocycles. The molecule has 8 rings (SSSR count). The minimum absolute atomic E-state index is 0.141. The van der Waals surface area contributed by atoms with E-state index < -0.39 is 0 Å². The zero-order valence-corrected chi connectivity index (χ0v) is 32.6. The lowest BCUT2D eigenvalue weighted by Gasteiger charge is -2.16. The molecule has 0 aliphatic rings. The average Bonchev–Trinajstić information content (AvgIpc) is 3.24. The minimum Gasteiger partial charge on any atom is -0.507 e. The van der Waals surface area contributed by atoms with Gasteiger partial charge < -0.3 is 10.2 Å². The van der Waals surface area contributed by atoms with E-state index in [0.29, 0.717) is 11.1 Å². The second-order valence-electron chi connectivity index (χ2n) is 15.3. The van der Waals surface area contributed by atoms with Crippen LogP contribution in [0.15, 0.2) is 158 Å². The molecule has 0 radical (unpaired) electrons. The number of aromatic hydroxyl groups is 2. The first-order valence-electron chi connectivity index (χ1n) is 20.4. The van der Waals surface area contributed by atoms with Crippen LogP contribution in [0.4, 0.5) is 0 Å². The topological polar surface area (TPSA) is 40.5 Å². The lowest BCUT2D eigenvalue weighted by molar-refractivity contribution is 0.470. The van der Waals surface area contributed by atoms with Crippen LogP contribution in [0.25, 0.3) is 77.2 Å². The number of benzene rings is 8. The molecule has 0 aliphatic heterocycles. The quantitative estimate of drug-likeness (QED) is 0.116. The molecule has 0 saturated heterocycles. The maximum atomic E-state index is 11.3. The largest absolute Gasteiger partial charge is 0.507 e. The van der Waals surface area contributed by atoms with Gasteiger partial charge in [-0.2, -0.15) is 0 Å². The molecule has 0 atom stereocenters. The highest BCUT2D eigenvalue weighted by atomic mass is 16.3. The summed E-state index contributed by atoms with van der Waals surface area (Å²) >= 11 is 0. The maximum absolute atomic E-state index is 11.3. The first-order valence-corrected chi connectivity index (χ1v) is 20.4. The van der Waals surface area contributed by atoms with Crippen molar-refractivity contribution >= 4 is 21.5 Å². The Morgan fingerprint density at radius 2 is 0.625 bits per heavy atom. The Bertz CT molecular complexity index is 2400. The molecule has 278 valence electrons. The SMILES string of the molecule is CCCCCc1ccc(-c2ccc(-c3ccc4c(-c5c(O)ccc6cc(-c7ccc(-c8ccc(CCCCC)cc8)cc7)ccc56)c(O)ccc4c3)cc2)cc1. The number of unbranched alkanes of at least 4 members (excludes halogenated alkanes) is 4. The van der Waals surface area contributed by atoms with Crippen LogP contribution in [0, 0.1) is 0 Å². The van der Waals surface area contributed by atoms with Crippen molar-refractivity contribution in [2.24, 2.45) is 0 Å². The van der Waals surface area contributed by atoms with Gasteiger partial charge in [-0.3, -0.25) is 0 Å². The van der Waals surface area contributed by atoms with Crippen molar-refractivity contribution in [3.05, 3.63) is 169 Å². The van der Waals surface area contributed by atoms with Gasteiger partial charge in [-0.05, 0) is 127 Å². The molecule has 0 spiro atoms. The van der Waals surface area contributed by atoms with E-state index in [1.807, 2.05) is 12.1 Å². The second kappa shape index (κ2) is 16.7. The van der Waals surface area contributed by atoms with Gasteiger partial charge in [-0.25, -0.2) is 0 Å². The maximum Gasteiger partial charge on any atom is 0.124 e. The number of hydrogen-bond donors (Lipinski definition) is 2. The van der Waals surface area contributed by atoms with E-state index in [-0.39, 0.29) is 11.5 Å². The number of hydrogen-bond acceptors (Lipinski definition) is 2. The fourth-order valence-corrected chi connectivity index (χ4v) is 8.12. The Labute approximate surface area is 331 Å². The molecule has 2 N–H and O–H groups in total. The summed E-state index contributed by atoms with van der Waals surface area (Å²) in [6.07, 6.45) is 9.80. The fraction of sp³-hybridized carbons (Fsp3) is 0.185. The Kier molecular flexibility index (Phi) is 11.0. The average molecular weight is 731 g/mol. The van der Waals surface area contributed by atoms with Crippen LogP contribution in [-0.4, -0.2) is 10.2 Å². The number of rotatable bonds is 13. The number of fused-ring (bicyclic) bond motifs is 2. The number of phenols is 2. The molecule has 0 unspecified atom stereocenters. The summed E-state index contributed by atoms with van der Waals surface area (Å²) in [6, 6.07) is 55.6. The van der Waals surface area contributed by atoms with Gasteiger partial charge in [0.15, 0.2) is 0 Å². The van der Waals surface area contributed by atoms with E-state index in [4.69, 9.17) is 0 Å². The van der Waals surface area contributed by atoms with Crippen molar-refractivity contribution < 1.29 is 10.2 Å². The molecule has 0 aliphatic carbocycles. The first kappa shape index (κ1) is 36.8. The molecule has 2 heteroatoms. The van der Waals surface area contributed by atoms with E-state index in [9.17, 15) is 10.2 Å². The summed E-state index contributed by atoms with van der Waals surface area (Å²) in [5, 5.41) is 26.5. The molecule has 0 aromatic heterocycles. The molecule has 0 heterocycles. The van der Waals surface area contributed by atoms with E-state index in [1.165, 1.54) is 71.9 Å². The highest BCUT2D eigenvalue weighted by Gasteiger charge is 2.18. The normalized spacial score (nSPS) is 11.4. The molecule has 0 bridgehead atoms.